The molecule has 0 fully saturated rings. The summed E-state index contributed by atoms with van der Waals surface area (Å²) in [6, 6.07) is 4.88. The first-order chi connectivity index (χ1) is 12.8. The lowest BCUT2D eigenvalue weighted by atomic mass is 10.1. The molecule has 2 aromatic rings. The third-order valence-electron chi connectivity index (χ3n) is 5.19. The molecule has 0 aromatic carbocycles. The van der Waals surface area contributed by atoms with E-state index in [4.69, 9.17) is 0 Å². The summed E-state index contributed by atoms with van der Waals surface area (Å²) in [5, 5.41) is 4.77. The molecule has 2 aromatic heterocycles. The molecular formula is C24H38S2. The largest absolute Gasteiger partial charge is 0.143 e. The van der Waals surface area contributed by atoms with E-state index in [-0.39, 0.29) is 0 Å². The average molecular weight is 391 g/mol. The molecule has 0 aliphatic rings. The fourth-order valence-electron chi connectivity index (χ4n) is 3.49. The molecule has 2 heteroatoms. The minimum absolute atomic E-state index is 1.26. The number of thiophene rings is 2. The molecule has 0 atom stereocenters. The quantitative estimate of drug-likeness (QED) is 0.266. The van der Waals surface area contributed by atoms with Crippen molar-refractivity contribution < 1.29 is 0 Å². The minimum atomic E-state index is 1.26. The summed E-state index contributed by atoms with van der Waals surface area (Å²) in [6.07, 6.45) is 19.2. The standard InChI is InChI=1S/C24H38S2/c1-3-5-7-9-11-13-15-21-17-23(25-19-21)24-18-22(20-26-24)16-14-12-10-8-6-4-2/h17-20H,3-16H2,1-2H3. The Kier molecular flexibility index (Phi) is 11.3. The predicted octanol–water partition coefficient (Wildman–Crippen LogP) is 9.28. The van der Waals surface area contributed by atoms with Gasteiger partial charge >= 0.3 is 0 Å². The SMILES string of the molecule is CCCCCCCCc1csc(-c2cc(CCCCCCCC)cs2)c1. The van der Waals surface area contributed by atoms with Crippen LogP contribution in [0.1, 0.15) is 102 Å². The zero-order chi connectivity index (χ0) is 18.5. The third kappa shape index (κ3) is 8.39. The summed E-state index contributed by atoms with van der Waals surface area (Å²) in [5.41, 5.74) is 3.10. The van der Waals surface area contributed by atoms with Crippen molar-refractivity contribution in [3.63, 3.8) is 0 Å². The van der Waals surface area contributed by atoms with Crippen LogP contribution < -0.4 is 0 Å². The van der Waals surface area contributed by atoms with Crippen molar-refractivity contribution >= 4 is 22.7 Å². The molecule has 2 heterocycles. The van der Waals surface area contributed by atoms with Crippen molar-refractivity contribution in [2.45, 2.75) is 104 Å². The smallest absolute Gasteiger partial charge is 0.0445 e. The predicted molar refractivity (Wildman–Crippen MR) is 122 cm³/mol. The van der Waals surface area contributed by atoms with E-state index in [1.165, 1.54) is 99.6 Å². The zero-order valence-electron chi connectivity index (χ0n) is 17.0. The van der Waals surface area contributed by atoms with E-state index in [9.17, 15) is 0 Å². The van der Waals surface area contributed by atoms with Crippen LogP contribution in [0.4, 0.5) is 0 Å². The van der Waals surface area contributed by atoms with Crippen LogP contribution in [0.25, 0.3) is 9.75 Å². The first kappa shape index (κ1) is 21.7. The summed E-state index contributed by atoms with van der Waals surface area (Å²) >= 11 is 3.87. The Morgan fingerprint density at radius 2 is 0.923 bits per heavy atom. The first-order valence-electron chi connectivity index (χ1n) is 11.0. The topological polar surface area (TPSA) is 0 Å². The number of hydrogen-bond acceptors (Lipinski definition) is 2. The lowest BCUT2D eigenvalue weighted by Crippen LogP contribution is -1.84. The van der Waals surface area contributed by atoms with Gasteiger partial charge < -0.3 is 0 Å². The van der Waals surface area contributed by atoms with Crippen LogP contribution in [0, 0.1) is 0 Å². The van der Waals surface area contributed by atoms with Gasteiger partial charge in [-0.15, -0.1) is 22.7 Å². The summed E-state index contributed by atoms with van der Waals surface area (Å²) in [5.74, 6) is 0. The van der Waals surface area contributed by atoms with Gasteiger partial charge in [-0.3, -0.25) is 0 Å². The van der Waals surface area contributed by atoms with Gasteiger partial charge in [0, 0.05) is 9.75 Å². The molecule has 0 unspecified atom stereocenters. The number of unbranched alkanes of at least 4 members (excludes halogenated alkanes) is 10. The van der Waals surface area contributed by atoms with Crippen molar-refractivity contribution in [2.75, 3.05) is 0 Å². The average Bonchev–Trinajstić information content (AvgIpc) is 3.30. The maximum absolute atomic E-state index is 2.44. The molecule has 0 saturated carbocycles. The summed E-state index contributed by atoms with van der Waals surface area (Å²) in [4.78, 5) is 2.95. The summed E-state index contributed by atoms with van der Waals surface area (Å²) < 4.78 is 0. The summed E-state index contributed by atoms with van der Waals surface area (Å²) in [6.45, 7) is 4.58. The van der Waals surface area contributed by atoms with Crippen molar-refractivity contribution in [1.82, 2.24) is 0 Å². The van der Waals surface area contributed by atoms with Crippen LogP contribution in [0.2, 0.25) is 0 Å². The second kappa shape index (κ2) is 13.6. The second-order valence-electron chi connectivity index (χ2n) is 7.67. The molecule has 0 amide bonds. The molecule has 2 rings (SSSR count). The van der Waals surface area contributed by atoms with Crippen molar-refractivity contribution in [2.24, 2.45) is 0 Å². The van der Waals surface area contributed by atoms with E-state index >= 15 is 0 Å². The molecule has 146 valence electrons. The van der Waals surface area contributed by atoms with Crippen LogP contribution in [0.5, 0.6) is 0 Å². The number of rotatable bonds is 15. The molecule has 0 radical (unpaired) electrons. The van der Waals surface area contributed by atoms with Crippen LogP contribution in [-0.2, 0) is 12.8 Å². The van der Waals surface area contributed by atoms with E-state index in [0.717, 1.165) is 0 Å². The van der Waals surface area contributed by atoms with E-state index < -0.39 is 0 Å². The maximum atomic E-state index is 2.44. The Morgan fingerprint density at radius 3 is 1.35 bits per heavy atom. The highest BCUT2D eigenvalue weighted by Gasteiger charge is 2.06. The number of aryl methyl sites for hydroxylation is 2. The second-order valence-corrected chi connectivity index (χ2v) is 9.50. The fourth-order valence-corrected chi connectivity index (χ4v) is 5.50. The molecule has 0 N–H and O–H groups in total. The molecule has 0 aliphatic heterocycles. The van der Waals surface area contributed by atoms with Crippen LogP contribution in [0.15, 0.2) is 22.9 Å². The number of hydrogen-bond donors (Lipinski definition) is 0. The van der Waals surface area contributed by atoms with Crippen molar-refractivity contribution in [1.29, 1.82) is 0 Å². The normalized spacial score (nSPS) is 11.3. The van der Waals surface area contributed by atoms with Gasteiger partial charge in [-0.25, -0.2) is 0 Å². The van der Waals surface area contributed by atoms with Gasteiger partial charge in [0.2, 0.25) is 0 Å². The zero-order valence-corrected chi connectivity index (χ0v) is 18.7. The minimum Gasteiger partial charge on any atom is -0.143 e. The van der Waals surface area contributed by atoms with Crippen LogP contribution in [0.3, 0.4) is 0 Å². The van der Waals surface area contributed by atoms with Gasteiger partial charge in [-0.05, 0) is 59.7 Å². The third-order valence-corrected chi connectivity index (χ3v) is 7.34. The molecule has 0 bridgehead atoms. The lowest BCUT2D eigenvalue weighted by molar-refractivity contribution is 0.608. The Balaban J connectivity index is 1.67. The lowest BCUT2D eigenvalue weighted by Gasteiger charge is -1.99. The van der Waals surface area contributed by atoms with E-state index in [0.29, 0.717) is 0 Å². The van der Waals surface area contributed by atoms with Gasteiger partial charge in [0.15, 0.2) is 0 Å². The Hall–Kier alpha value is -0.600. The molecule has 0 saturated heterocycles. The maximum Gasteiger partial charge on any atom is 0.0445 e. The molecule has 26 heavy (non-hydrogen) atoms. The van der Waals surface area contributed by atoms with Crippen molar-refractivity contribution in [3.05, 3.63) is 34.0 Å². The molecule has 0 aliphatic carbocycles. The molecule has 0 spiro atoms. The van der Waals surface area contributed by atoms with Crippen LogP contribution >= 0.6 is 22.7 Å². The first-order valence-corrected chi connectivity index (χ1v) is 12.7. The summed E-state index contributed by atoms with van der Waals surface area (Å²) in [7, 11) is 0. The van der Waals surface area contributed by atoms with E-state index in [2.05, 4.69) is 36.7 Å². The Labute approximate surface area is 170 Å². The highest BCUT2D eigenvalue weighted by atomic mass is 32.1. The monoisotopic (exact) mass is 390 g/mol. The highest BCUT2D eigenvalue weighted by Crippen LogP contribution is 2.33. The Morgan fingerprint density at radius 1 is 0.538 bits per heavy atom. The van der Waals surface area contributed by atoms with Crippen LogP contribution in [-0.4, -0.2) is 0 Å². The molecular weight excluding hydrogens is 352 g/mol. The molecule has 0 nitrogen and oxygen atoms in total. The van der Waals surface area contributed by atoms with E-state index in [1.54, 1.807) is 11.1 Å². The van der Waals surface area contributed by atoms with Gasteiger partial charge in [-0.1, -0.05) is 78.1 Å². The van der Waals surface area contributed by atoms with Gasteiger partial charge in [-0.2, -0.15) is 0 Å². The van der Waals surface area contributed by atoms with Gasteiger partial charge in [0.05, 0.1) is 0 Å². The highest BCUT2D eigenvalue weighted by molar-refractivity contribution is 7.20. The van der Waals surface area contributed by atoms with Gasteiger partial charge in [0.1, 0.15) is 0 Å². The fraction of sp³-hybridized carbons (Fsp3) is 0.667. The van der Waals surface area contributed by atoms with Crippen molar-refractivity contribution in [3.8, 4) is 9.75 Å². The van der Waals surface area contributed by atoms with Gasteiger partial charge in [0.25, 0.3) is 0 Å². The van der Waals surface area contributed by atoms with E-state index in [1.807, 2.05) is 22.7 Å². The Bertz CT molecular complexity index is 526.